The maximum Gasteiger partial charge on any atom is 0.191 e. The van der Waals surface area contributed by atoms with Gasteiger partial charge in [0.25, 0.3) is 0 Å². The molecule has 1 saturated carbocycles. The third-order valence-corrected chi connectivity index (χ3v) is 5.48. The molecule has 0 amide bonds. The number of sulfone groups is 1. The van der Waals surface area contributed by atoms with Gasteiger partial charge in [-0.1, -0.05) is 0 Å². The molecule has 18 heavy (non-hydrogen) atoms. The van der Waals surface area contributed by atoms with Crippen LogP contribution >= 0.6 is 11.3 Å². The van der Waals surface area contributed by atoms with Gasteiger partial charge in [-0.25, -0.2) is 8.42 Å². The zero-order valence-corrected chi connectivity index (χ0v) is 12.1. The molecule has 1 aliphatic carbocycles. The van der Waals surface area contributed by atoms with E-state index in [1.165, 1.54) is 30.4 Å². The van der Waals surface area contributed by atoms with Crippen molar-refractivity contribution in [1.29, 1.82) is 0 Å². The molecule has 0 aliphatic heterocycles. The zero-order valence-electron chi connectivity index (χ0n) is 10.4. The molecule has 0 radical (unpaired) electrons. The number of nitrogens with zero attached hydrogens (tertiary/aromatic N) is 1. The third kappa shape index (κ3) is 3.71. The summed E-state index contributed by atoms with van der Waals surface area (Å²) in [4.78, 5) is 5.10. The molecule has 0 spiro atoms. The van der Waals surface area contributed by atoms with Crippen molar-refractivity contribution in [3.05, 3.63) is 17.0 Å². The molecule has 2 rings (SSSR count). The Hall–Kier alpha value is -1.08. The van der Waals surface area contributed by atoms with Crippen LogP contribution in [0.4, 0.5) is 0 Å². The zero-order chi connectivity index (χ0) is 13.2. The van der Waals surface area contributed by atoms with Crippen LogP contribution in [0.5, 0.6) is 0 Å². The second-order valence-corrected chi connectivity index (χ2v) is 7.75. The molecule has 0 atom stereocenters. The molecule has 100 valence electrons. The highest BCUT2D eigenvalue weighted by Crippen LogP contribution is 2.21. The van der Waals surface area contributed by atoms with Crippen LogP contribution in [-0.2, 0) is 16.4 Å². The second kappa shape index (κ2) is 5.27. The van der Waals surface area contributed by atoms with Gasteiger partial charge in [0.1, 0.15) is 4.21 Å². The van der Waals surface area contributed by atoms with E-state index in [1.807, 2.05) is 6.07 Å². The van der Waals surface area contributed by atoms with Crippen LogP contribution in [0.25, 0.3) is 0 Å². The summed E-state index contributed by atoms with van der Waals surface area (Å²) in [6.45, 7) is 0.590. The lowest BCUT2D eigenvalue weighted by atomic mass is 10.4. The van der Waals surface area contributed by atoms with Gasteiger partial charge in [-0.05, 0) is 25.0 Å². The molecule has 0 saturated heterocycles. The molecular weight excluding hydrogens is 270 g/mol. The number of nitrogens with one attached hydrogen (secondary N) is 2. The quantitative estimate of drug-likeness (QED) is 0.640. The van der Waals surface area contributed by atoms with Crippen molar-refractivity contribution in [3.8, 4) is 0 Å². The first-order valence-corrected chi connectivity index (χ1v) is 8.46. The van der Waals surface area contributed by atoms with Gasteiger partial charge < -0.3 is 10.6 Å². The van der Waals surface area contributed by atoms with Gasteiger partial charge in [-0.2, -0.15) is 0 Å². The molecule has 0 aromatic carbocycles. The van der Waals surface area contributed by atoms with Gasteiger partial charge >= 0.3 is 0 Å². The molecule has 1 fully saturated rings. The van der Waals surface area contributed by atoms with Crippen molar-refractivity contribution in [2.45, 2.75) is 29.6 Å². The average Bonchev–Trinajstić information content (AvgIpc) is 2.97. The molecule has 5 nitrogen and oxygen atoms in total. The minimum atomic E-state index is -3.09. The second-order valence-electron chi connectivity index (χ2n) is 4.34. The lowest BCUT2D eigenvalue weighted by Gasteiger charge is -2.09. The summed E-state index contributed by atoms with van der Waals surface area (Å²) in [5.74, 6) is 0.770. The Morgan fingerprint density at radius 2 is 2.22 bits per heavy atom. The van der Waals surface area contributed by atoms with Crippen LogP contribution in [0.15, 0.2) is 21.3 Å². The van der Waals surface area contributed by atoms with Crippen molar-refractivity contribution >= 4 is 27.1 Å². The number of guanidine groups is 1. The summed E-state index contributed by atoms with van der Waals surface area (Å²) in [6.07, 6.45) is 3.61. The van der Waals surface area contributed by atoms with Crippen molar-refractivity contribution in [1.82, 2.24) is 10.6 Å². The van der Waals surface area contributed by atoms with Crippen LogP contribution < -0.4 is 10.6 Å². The van der Waals surface area contributed by atoms with E-state index < -0.39 is 9.84 Å². The monoisotopic (exact) mass is 287 g/mol. The SMILES string of the molecule is CN=C(NCc1ccc(S(C)(=O)=O)s1)NC1CC1. The van der Waals surface area contributed by atoms with Crippen molar-refractivity contribution in [3.63, 3.8) is 0 Å². The summed E-state index contributed by atoms with van der Waals surface area (Å²) in [6, 6.07) is 4.03. The number of rotatable bonds is 4. The number of thiophene rings is 1. The van der Waals surface area contributed by atoms with E-state index in [-0.39, 0.29) is 0 Å². The summed E-state index contributed by atoms with van der Waals surface area (Å²) in [7, 11) is -1.36. The highest BCUT2D eigenvalue weighted by molar-refractivity contribution is 7.92. The Kier molecular flexibility index (Phi) is 3.91. The molecule has 1 aliphatic rings. The highest BCUT2D eigenvalue weighted by atomic mass is 32.2. The average molecular weight is 287 g/mol. The molecule has 1 aromatic rings. The molecule has 7 heteroatoms. The summed E-state index contributed by atoms with van der Waals surface area (Å²) < 4.78 is 23.1. The Balaban J connectivity index is 1.91. The maximum atomic E-state index is 11.3. The predicted octanol–water partition coefficient (Wildman–Crippen LogP) is 0.979. The summed E-state index contributed by atoms with van der Waals surface area (Å²) >= 11 is 1.29. The van der Waals surface area contributed by atoms with Gasteiger partial charge in [-0.3, -0.25) is 4.99 Å². The van der Waals surface area contributed by atoms with Crippen molar-refractivity contribution < 1.29 is 8.42 Å². The molecule has 1 heterocycles. The Morgan fingerprint density at radius 1 is 1.50 bits per heavy atom. The lowest BCUT2D eigenvalue weighted by molar-refractivity contribution is 0.604. The highest BCUT2D eigenvalue weighted by Gasteiger charge is 2.22. The van der Waals surface area contributed by atoms with Gasteiger partial charge in [0.2, 0.25) is 0 Å². The molecule has 0 bridgehead atoms. The topological polar surface area (TPSA) is 70.6 Å². The summed E-state index contributed by atoms with van der Waals surface area (Å²) in [5.41, 5.74) is 0. The Labute approximate surface area is 111 Å². The smallest absolute Gasteiger partial charge is 0.191 e. The third-order valence-electron chi connectivity index (χ3n) is 2.57. The number of aliphatic imine (C=N–C) groups is 1. The summed E-state index contributed by atoms with van der Waals surface area (Å²) in [5, 5.41) is 6.45. The van der Waals surface area contributed by atoms with Gasteiger partial charge in [0, 0.05) is 24.2 Å². The van der Waals surface area contributed by atoms with Crippen LogP contribution in [0.1, 0.15) is 17.7 Å². The standard InChI is InChI=1S/C11H17N3O2S2/c1-12-11(14-8-3-4-8)13-7-9-5-6-10(17-9)18(2,15)16/h5-6,8H,3-4,7H2,1-2H3,(H2,12,13,14). The molecule has 2 N–H and O–H groups in total. The van der Waals surface area contributed by atoms with Gasteiger partial charge in [-0.15, -0.1) is 11.3 Å². The first-order valence-electron chi connectivity index (χ1n) is 5.75. The van der Waals surface area contributed by atoms with Crippen LogP contribution in [-0.4, -0.2) is 33.7 Å². The van der Waals surface area contributed by atoms with Gasteiger partial charge in [0.05, 0.1) is 6.54 Å². The minimum Gasteiger partial charge on any atom is -0.354 e. The molecule has 0 unspecified atom stereocenters. The Morgan fingerprint density at radius 3 is 2.72 bits per heavy atom. The minimum absolute atomic E-state index is 0.407. The fourth-order valence-corrected chi connectivity index (χ4v) is 3.36. The van der Waals surface area contributed by atoms with E-state index in [0.29, 0.717) is 16.8 Å². The number of hydrogen-bond acceptors (Lipinski definition) is 4. The Bertz CT molecular complexity index is 544. The van der Waals surface area contributed by atoms with Gasteiger partial charge in [0.15, 0.2) is 15.8 Å². The van der Waals surface area contributed by atoms with E-state index in [1.54, 1.807) is 13.1 Å². The molecular formula is C11H17N3O2S2. The lowest BCUT2D eigenvalue weighted by Crippen LogP contribution is -2.37. The fraction of sp³-hybridized carbons (Fsp3) is 0.545. The van der Waals surface area contributed by atoms with Crippen molar-refractivity contribution in [2.24, 2.45) is 4.99 Å². The first-order chi connectivity index (χ1) is 8.49. The van der Waals surface area contributed by atoms with E-state index in [0.717, 1.165) is 10.8 Å². The predicted molar refractivity (Wildman–Crippen MR) is 73.8 cm³/mol. The largest absolute Gasteiger partial charge is 0.354 e. The van der Waals surface area contributed by atoms with E-state index in [2.05, 4.69) is 15.6 Å². The van der Waals surface area contributed by atoms with Crippen LogP contribution in [0.2, 0.25) is 0 Å². The van der Waals surface area contributed by atoms with Crippen LogP contribution in [0.3, 0.4) is 0 Å². The van der Waals surface area contributed by atoms with Crippen molar-refractivity contribution in [2.75, 3.05) is 13.3 Å². The molecule has 1 aromatic heterocycles. The normalized spacial score (nSPS) is 16.7. The maximum absolute atomic E-state index is 11.3. The van der Waals surface area contributed by atoms with E-state index in [9.17, 15) is 8.42 Å². The number of hydrogen-bond donors (Lipinski definition) is 2. The van der Waals surface area contributed by atoms with Crippen LogP contribution in [0, 0.1) is 0 Å². The fourth-order valence-electron chi connectivity index (χ4n) is 1.44. The first kappa shape index (κ1) is 13.4. The van der Waals surface area contributed by atoms with E-state index >= 15 is 0 Å². The van der Waals surface area contributed by atoms with E-state index in [4.69, 9.17) is 0 Å².